The van der Waals surface area contributed by atoms with E-state index in [9.17, 15) is 4.79 Å². The van der Waals surface area contributed by atoms with Gasteiger partial charge in [0.05, 0.1) is 19.1 Å². The molecule has 0 radical (unpaired) electrons. The number of rotatable bonds is 7. The lowest BCUT2D eigenvalue weighted by Gasteiger charge is -2.33. The van der Waals surface area contributed by atoms with Crippen LogP contribution in [0.1, 0.15) is 23.0 Å². The molecule has 3 rings (SSSR count). The first-order valence-corrected chi connectivity index (χ1v) is 9.37. The Labute approximate surface area is 147 Å². The van der Waals surface area contributed by atoms with Crippen molar-refractivity contribution in [2.45, 2.75) is 18.9 Å². The first kappa shape index (κ1) is 17.1. The van der Waals surface area contributed by atoms with Crippen molar-refractivity contribution in [3.8, 4) is 0 Å². The first-order valence-electron chi connectivity index (χ1n) is 8.49. The van der Waals surface area contributed by atoms with Gasteiger partial charge in [-0.05, 0) is 23.4 Å². The van der Waals surface area contributed by atoms with Gasteiger partial charge < -0.3 is 10.1 Å². The molecule has 1 aliphatic rings. The minimum absolute atomic E-state index is 0.113. The second kappa shape index (κ2) is 8.97. The van der Waals surface area contributed by atoms with Crippen molar-refractivity contribution in [3.63, 3.8) is 0 Å². The van der Waals surface area contributed by atoms with Crippen LogP contribution in [0.4, 0.5) is 0 Å². The summed E-state index contributed by atoms with van der Waals surface area (Å²) in [5.41, 5.74) is 1.24. The Hall–Kier alpha value is -1.69. The fourth-order valence-electron chi connectivity index (χ4n) is 2.94. The predicted molar refractivity (Wildman–Crippen MR) is 97.2 cm³/mol. The maximum Gasteiger partial charge on any atom is 0.225 e. The maximum absolute atomic E-state index is 11.9. The van der Waals surface area contributed by atoms with E-state index in [1.807, 2.05) is 23.6 Å². The van der Waals surface area contributed by atoms with Crippen LogP contribution in [0, 0.1) is 0 Å². The molecule has 128 valence electrons. The van der Waals surface area contributed by atoms with Gasteiger partial charge in [-0.3, -0.25) is 9.69 Å². The van der Waals surface area contributed by atoms with Gasteiger partial charge in [-0.15, -0.1) is 11.3 Å². The number of hydrogen-bond donors (Lipinski definition) is 1. The molecule has 1 atom stereocenters. The van der Waals surface area contributed by atoms with E-state index in [-0.39, 0.29) is 12.0 Å². The van der Waals surface area contributed by atoms with E-state index < -0.39 is 0 Å². The minimum atomic E-state index is 0.113. The van der Waals surface area contributed by atoms with Crippen LogP contribution in [0.25, 0.3) is 0 Å². The van der Waals surface area contributed by atoms with Gasteiger partial charge in [-0.1, -0.05) is 36.4 Å². The molecule has 0 saturated carbocycles. The molecule has 4 nitrogen and oxygen atoms in total. The zero-order valence-electron chi connectivity index (χ0n) is 13.8. The molecule has 0 unspecified atom stereocenters. The van der Waals surface area contributed by atoms with Crippen LogP contribution in [-0.2, 0) is 16.0 Å². The summed E-state index contributed by atoms with van der Waals surface area (Å²) in [5, 5.41) is 5.02. The van der Waals surface area contributed by atoms with Gasteiger partial charge in [0.25, 0.3) is 0 Å². The monoisotopic (exact) mass is 344 g/mol. The summed E-state index contributed by atoms with van der Waals surface area (Å²) in [6, 6.07) is 14.4. The van der Waals surface area contributed by atoms with Crippen molar-refractivity contribution in [3.05, 3.63) is 58.3 Å². The fourth-order valence-corrected chi connectivity index (χ4v) is 3.64. The number of amides is 1. The van der Waals surface area contributed by atoms with E-state index in [2.05, 4.69) is 34.5 Å². The summed E-state index contributed by atoms with van der Waals surface area (Å²) in [4.78, 5) is 15.4. The second-order valence-electron chi connectivity index (χ2n) is 6.03. The largest absolute Gasteiger partial charge is 0.371 e. The van der Waals surface area contributed by atoms with Crippen molar-refractivity contribution in [1.82, 2.24) is 10.2 Å². The normalized spacial score (nSPS) is 18.4. The molecule has 5 heteroatoms. The average molecular weight is 344 g/mol. The quantitative estimate of drug-likeness (QED) is 0.785. The predicted octanol–water partition coefficient (Wildman–Crippen LogP) is 2.87. The molecule has 1 amide bonds. The zero-order chi connectivity index (χ0) is 16.6. The third-order valence-electron chi connectivity index (χ3n) is 4.21. The molecule has 24 heavy (non-hydrogen) atoms. The SMILES string of the molecule is O=C(Cc1cccs1)NCCCN1CCO[C@@H](c2ccccc2)C1. The van der Waals surface area contributed by atoms with Gasteiger partial charge >= 0.3 is 0 Å². The van der Waals surface area contributed by atoms with E-state index >= 15 is 0 Å². The lowest BCUT2D eigenvalue weighted by atomic mass is 10.1. The Morgan fingerprint density at radius 1 is 1.25 bits per heavy atom. The molecule has 1 aromatic carbocycles. The number of carbonyl (C=O) groups is 1. The smallest absolute Gasteiger partial charge is 0.225 e. The summed E-state index contributed by atoms with van der Waals surface area (Å²) in [6.07, 6.45) is 1.62. The van der Waals surface area contributed by atoms with Gasteiger partial charge in [0.1, 0.15) is 0 Å². The average Bonchev–Trinajstić information content (AvgIpc) is 3.13. The number of ether oxygens (including phenoxy) is 1. The Balaban J connectivity index is 1.35. The van der Waals surface area contributed by atoms with Crippen molar-refractivity contribution in [2.75, 3.05) is 32.8 Å². The zero-order valence-corrected chi connectivity index (χ0v) is 14.6. The van der Waals surface area contributed by atoms with Crippen LogP contribution in [0.15, 0.2) is 47.8 Å². The highest BCUT2D eigenvalue weighted by atomic mass is 32.1. The number of thiophene rings is 1. The summed E-state index contributed by atoms with van der Waals surface area (Å²) in [5.74, 6) is 0.113. The number of benzene rings is 1. The van der Waals surface area contributed by atoms with E-state index in [1.54, 1.807) is 11.3 Å². The highest BCUT2D eigenvalue weighted by Crippen LogP contribution is 2.21. The maximum atomic E-state index is 11.9. The Morgan fingerprint density at radius 3 is 2.92 bits per heavy atom. The topological polar surface area (TPSA) is 41.6 Å². The number of morpholine rings is 1. The Morgan fingerprint density at radius 2 is 2.12 bits per heavy atom. The molecule has 0 bridgehead atoms. The first-order chi connectivity index (χ1) is 11.8. The van der Waals surface area contributed by atoms with Crippen molar-refractivity contribution in [2.24, 2.45) is 0 Å². The molecule has 1 N–H and O–H groups in total. The molecular formula is C19H24N2O2S. The number of nitrogens with one attached hydrogen (secondary N) is 1. The lowest BCUT2D eigenvalue weighted by molar-refractivity contribution is -0.120. The summed E-state index contributed by atoms with van der Waals surface area (Å²) < 4.78 is 5.89. The minimum Gasteiger partial charge on any atom is -0.371 e. The van der Waals surface area contributed by atoms with Crippen LogP contribution >= 0.6 is 11.3 Å². The van der Waals surface area contributed by atoms with E-state index in [0.717, 1.165) is 44.1 Å². The van der Waals surface area contributed by atoms with Gasteiger partial charge in [0.2, 0.25) is 5.91 Å². The lowest BCUT2D eigenvalue weighted by Crippen LogP contribution is -2.40. The van der Waals surface area contributed by atoms with Crippen LogP contribution in [0.3, 0.4) is 0 Å². The molecule has 0 aliphatic carbocycles. The molecule has 2 heterocycles. The van der Waals surface area contributed by atoms with E-state index in [0.29, 0.717) is 6.42 Å². The molecule has 1 saturated heterocycles. The van der Waals surface area contributed by atoms with E-state index in [4.69, 9.17) is 4.74 Å². The van der Waals surface area contributed by atoms with Crippen LogP contribution in [0.2, 0.25) is 0 Å². The van der Waals surface area contributed by atoms with Gasteiger partial charge in [-0.25, -0.2) is 0 Å². The third kappa shape index (κ3) is 5.16. The molecular weight excluding hydrogens is 320 g/mol. The van der Waals surface area contributed by atoms with Crippen molar-refractivity contribution in [1.29, 1.82) is 0 Å². The molecule has 1 aliphatic heterocycles. The Kier molecular flexibility index (Phi) is 6.41. The molecule has 0 spiro atoms. The summed E-state index contributed by atoms with van der Waals surface area (Å²) in [6.45, 7) is 4.38. The number of carbonyl (C=O) groups excluding carboxylic acids is 1. The standard InChI is InChI=1S/C19H24N2O2S/c22-19(14-17-8-4-13-24-17)20-9-5-10-21-11-12-23-18(15-21)16-6-2-1-3-7-16/h1-4,6-8,13,18H,5,9-12,14-15H2,(H,20,22)/t18-/m1/s1. The third-order valence-corrected chi connectivity index (χ3v) is 5.09. The molecule has 1 fully saturated rings. The van der Waals surface area contributed by atoms with Crippen LogP contribution < -0.4 is 5.32 Å². The second-order valence-corrected chi connectivity index (χ2v) is 7.06. The Bertz CT molecular complexity index is 616. The van der Waals surface area contributed by atoms with Crippen molar-refractivity contribution >= 4 is 17.2 Å². The van der Waals surface area contributed by atoms with Crippen molar-refractivity contribution < 1.29 is 9.53 Å². The van der Waals surface area contributed by atoms with E-state index in [1.165, 1.54) is 5.56 Å². The highest BCUT2D eigenvalue weighted by molar-refractivity contribution is 7.10. The van der Waals surface area contributed by atoms with Gasteiger partial charge in [0.15, 0.2) is 0 Å². The molecule has 1 aromatic heterocycles. The fraction of sp³-hybridized carbons (Fsp3) is 0.421. The van der Waals surface area contributed by atoms with Crippen LogP contribution in [-0.4, -0.2) is 43.6 Å². The highest BCUT2D eigenvalue weighted by Gasteiger charge is 2.21. The van der Waals surface area contributed by atoms with Gasteiger partial charge in [0, 0.05) is 31.1 Å². The summed E-state index contributed by atoms with van der Waals surface area (Å²) in [7, 11) is 0. The van der Waals surface area contributed by atoms with Crippen LogP contribution in [0.5, 0.6) is 0 Å². The number of hydrogen-bond acceptors (Lipinski definition) is 4. The summed E-state index contributed by atoms with van der Waals surface area (Å²) >= 11 is 1.63. The molecule has 2 aromatic rings. The van der Waals surface area contributed by atoms with Gasteiger partial charge in [-0.2, -0.15) is 0 Å². The number of nitrogens with zero attached hydrogens (tertiary/aromatic N) is 1.